The molecular formula is C27H32FN5O2. The van der Waals surface area contributed by atoms with Crippen molar-refractivity contribution in [2.75, 3.05) is 16.8 Å². The molecule has 0 bridgehead atoms. The highest BCUT2D eigenvalue weighted by atomic mass is 19.1. The number of rotatable bonds is 6. The fraction of sp³-hybridized carbons (Fsp3) is 0.370. The highest BCUT2D eigenvalue weighted by Crippen LogP contribution is 2.36. The van der Waals surface area contributed by atoms with Crippen LogP contribution in [-0.2, 0) is 11.2 Å². The van der Waals surface area contributed by atoms with Crippen molar-refractivity contribution < 1.29 is 13.9 Å². The topological polar surface area (TPSA) is 93.4 Å². The first-order chi connectivity index (χ1) is 16.7. The molecule has 7 nitrogen and oxygen atoms in total. The molecule has 0 aliphatic carbocycles. The van der Waals surface area contributed by atoms with E-state index in [9.17, 15) is 9.18 Å². The van der Waals surface area contributed by atoms with Crippen molar-refractivity contribution in [3.63, 3.8) is 0 Å². The molecule has 0 radical (unpaired) electrons. The number of carbonyl (C=O) groups is 1. The summed E-state index contributed by atoms with van der Waals surface area (Å²) in [6.07, 6.45) is 0.930. The van der Waals surface area contributed by atoms with E-state index in [0.717, 1.165) is 36.1 Å². The maximum Gasteiger partial charge on any atom is 0.328 e. The third-order valence-electron chi connectivity index (χ3n) is 6.62. The van der Waals surface area contributed by atoms with E-state index in [-0.39, 0.29) is 17.7 Å². The predicted molar refractivity (Wildman–Crippen MR) is 136 cm³/mol. The molecule has 184 valence electrons. The molecule has 0 saturated heterocycles. The molecule has 4 rings (SSSR count). The summed E-state index contributed by atoms with van der Waals surface area (Å²) < 4.78 is 19.4. The number of aromatic nitrogens is 2. The summed E-state index contributed by atoms with van der Waals surface area (Å²) in [5.41, 5.74) is 10.8. The lowest BCUT2D eigenvalue weighted by molar-refractivity contribution is -0.136. The number of nitrogens with zero attached hydrogens (tertiary/aromatic N) is 3. The maximum absolute atomic E-state index is 14.0. The first-order valence-electron chi connectivity index (χ1n) is 11.9. The van der Waals surface area contributed by atoms with Crippen LogP contribution in [0.4, 0.5) is 21.8 Å². The standard InChI is InChI=1S/C27H32FN5O2/c1-15(2)24(29)26(34)35-23-14-20(28)10-11-22(23)31-27-30-17(4)16(3)25(32-27)33-13-12-19-8-6-7-9-21(19)18(33)5/h6-11,14-15,18,24H,12-13,29H2,1-5H3,(H,30,31,32)/t18?,24-/m0/s1. The van der Waals surface area contributed by atoms with Gasteiger partial charge in [0.05, 0.1) is 11.7 Å². The van der Waals surface area contributed by atoms with Gasteiger partial charge in [0.1, 0.15) is 17.7 Å². The minimum absolute atomic E-state index is 0.0368. The minimum atomic E-state index is -0.820. The molecule has 2 heterocycles. The molecule has 8 heteroatoms. The number of aryl methyl sites for hydroxylation is 1. The lowest BCUT2D eigenvalue weighted by Gasteiger charge is -2.37. The molecular weight excluding hydrogens is 445 g/mol. The number of carbonyl (C=O) groups excluding carboxylic acids is 1. The Morgan fingerprint density at radius 1 is 1.20 bits per heavy atom. The Bertz CT molecular complexity index is 1250. The SMILES string of the molecule is Cc1nc(Nc2ccc(F)cc2OC(=O)[C@@H](N)C(C)C)nc(N2CCc3ccccc3C2C)c1C. The van der Waals surface area contributed by atoms with E-state index in [1.807, 2.05) is 27.7 Å². The van der Waals surface area contributed by atoms with Crippen LogP contribution in [0, 0.1) is 25.6 Å². The van der Waals surface area contributed by atoms with E-state index in [4.69, 9.17) is 15.5 Å². The summed E-state index contributed by atoms with van der Waals surface area (Å²) in [6.45, 7) is 10.6. The smallest absolute Gasteiger partial charge is 0.328 e. The van der Waals surface area contributed by atoms with E-state index in [1.54, 1.807) is 0 Å². The van der Waals surface area contributed by atoms with Crippen molar-refractivity contribution in [1.82, 2.24) is 9.97 Å². The van der Waals surface area contributed by atoms with Gasteiger partial charge in [0.2, 0.25) is 5.95 Å². The highest BCUT2D eigenvalue weighted by Gasteiger charge is 2.27. The van der Waals surface area contributed by atoms with Gasteiger partial charge in [-0.3, -0.25) is 0 Å². The zero-order chi connectivity index (χ0) is 25.3. The van der Waals surface area contributed by atoms with Crippen molar-refractivity contribution in [3.05, 3.63) is 70.7 Å². The number of hydrogen-bond acceptors (Lipinski definition) is 7. The summed E-state index contributed by atoms with van der Waals surface area (Å²) in [5, 5.41) is 3.12. The first-order valence-corrected chi connectivity index (χ1v) is 11.9. The fourth-order valence-corrected chi connectivity index (χ4v) is 4.26. The van der Waals surface area contributed by atoms with E-state index < -0.39 is 17.8 Å². The van der Waals surface area contributed by atoms with Gasteiger partial charge in [-0.25, -0.2) is 14.2 Å². The number of hydrogen-bond donors (Lipinski definition) is 2. The molecule has 1 aliphatic rings. The summed E-state index contributed by atoms with van der Waals surface area (Å²) in [4.78, 5) is 24.1. The normalized spacial score (nSPS) is 16.1. The monoisotopic (exact) mass is 477 g/mol. The molecule has 0 spiro atoms. The van der Waals surface area contributed by atoms with Crippen LogP contribution in [0.25, 0.3) is 0 Å². The molecule has 3 N–H and O–H groups in total. The molecule has 0 saturated carbocycles. The number of ether oxygens (including phenoxy) is 1. The van der Waals surface area contributed by atoms with Crippen LogP contribution in [0.15, 0.2) is 42.5 Å². The molecule has 35 heavy (non-hydrogen) atoms. The van der Waals surface area contributed by atoms with Gasteiger partial charge in [0.15, 0.2) is 5.75 Å². The van der Waals surface area contributed by atoms with Crippen LogP contribution >= 0.6 is 0 Å². The highest BCUT2D eigenvalue weighted by molar-refractivity contribution is 5.80. The zero-order valence-corrected chi connectivity index (χ0v) is 20.8. The van der Waals surface area contributed by atoms with E-state index >= 15 is 0 Å². The number of benzene rings is 2. The maximum atomic E-state index is 14.0. The van der Waals surface area contributed by atoms with Gasteiger partial charge in [0.25, 0.3) is 0 Å². The molecule has 0 amide bonds. The Balaban J connectivity index is 1.65. The van der Waals surface area contributed by atoms with Gasteiger partial charge >= 0.3 is 5.97 Å². The average Bonchev–Trinajstić information content (AvgIpc) is 2.83. The third kappa shape index (κ3) is 5.12. The lowest BCUT2D eigenvalue weighted by Crippen LogP contribution is -2.38. The van der Waals surface area contributed by atoms with Crippen molar-refractivity contribution in [2.24, 2.45) is 11.7 Å². The van der Waals surface area contributed by atoms with Crippen molar-refractivity contribution in [1.29, 1.82) is 0 Å². The molecule has 3 aromatic rings. The summed E-state index contributed by atoms with van der Waals surface area (Å²) in [7, 11) is 0. The second kappa shape index (κ2) is 10.00. The van der Waals surface area contributed by atoms with Crippen LogP contribution in [0.3, 0.4) is 0 Å². The van der Waals surface area contributed by atoms with E-state index in [1.165, 1.54) is 23.3 Å². The number of anilines is 3. The Kier molecular flexibility index (Phi) is 7.03. The molecule has 2 aromatic carbocycles. The fourth-order valence-electron chi connectivity index (χ4n) is 4.26. The van der Waals surface area contributed by atoms with Crippen LogP contribution in [-0.4, -0.2) is 28.5 Å². The number of fused-ring (bicyclic) bond motifs is 1. The molecule has 0 fully saturated rings. The second-order valence-corrected chi connectivity index (χ2v) is 9.36. The molecule has 1 unspecified atom stereocenters. The molecule has 2 atom stereocenters. The molecule has 1 aliphatic heterocycles. The van der Waals surface area contributed by atoms with Gasteiger partial charge in [-0.05, 0) is 56.4 Å². The van der Waals surface area contributed by atoms with Gasteiger partial charge in [-0.15, -0.1) is 0 Å². The second-order valence-electron chi connectivity index (χ2n) is 9.36. The van der Waals surface area contributed by atoms with Crippen molar-refractivity contribution in [3.8, 4) is 5.75 Å². The molecule has 1 aromatic heterocycles. The van der Waals surface area contributed by atoms with Crippen LogP contribution in [0.5, 0.6) is 5.75 Å². The van der Waals surface area contributed by atoms with Gasteiger partial charge in [0, 0.05) is 23.9 Å². The minimum Gasteiger partial charge on any atom is -0.423 e. The summed E-state index contributed by atoms with van der Waals surface area (Å²) in [6, 6.07) is 11.7. The lowest BCUT2D eigenvalue weighted by atomic mass is 9.93. The first kappa shape index (κ1) is 24.6. The third-order valence-corrected chi connectivity index (χ3v) is 6.62. The van der Waals surface area contributed by atoms with Crippen molar-refractivity contribution >= 4 is 23.4 Å². The Hall–Kier alpha value is -3.52. The summed E-state index contributed by atoms with van der Waals surface area (Å²) in [5.74, 6) is -0.0599. The Morgan fingerprint density at radius 2 is 1.94 bits per heavy atom. The average molecular weight is 478 g/mol. The largest absolute Gasteiger partial charge is 0.423 e. The van der Waals surface area contributed by atoms with Crippen LogP contribution in [0.2, 0.25) is 0 Å². The number of halogens is 1. The Labute approximate surface area is 205 Å². The number of esters is 1. The van der Waals surface area contributed by atoms with Gasteiger partial charge in [-0.2, -0.15) is 4.98 Å². The van der Waals surface area contributed by atoms with Gasteiger partial charge in [-0.1, -0.05) is 38.1 Å². The zero-order valence-electron chi connectivity index (χ0n) is 20.8. The number of nitrogens with two attached hydrogens (primary N) is 1. The predicted octanol–water partition coefficient (Wildman–Crippen LogP) is 4.99. The van der Waals surface area contributed by atoms with E-state index in [2.05, 4.69) is 46.4 Å². The van der Waals surface area contributed by atoms with Gasteiger partial charge < -0.3 is 20.7 Å². The van der Waals surface area contributed by atoms with Crippen LogP contribution < -0.4 is 20.7 Å². The van der Waals surface area contributed by atoms with Crippen LogP contribution in [0.1, 0.15) is 49.2 Å². The summed E-state index contributed by atoms with van der Waals surface area (Å²) >= 11 is 0. The number of nitrogens with one attached hydrogen (secondary N) is 1. The Morgan fingerprint density at radius 3 is 2.69 bits per heavy atom. The quantitative estimate of drug-likeness (QED) is 0.382. The van der Waals surface area contributed by atoms with E-state index in [0.29, 0.717) is 11.6 Å². The van der Waals surface area contributed by atoms with Crippen molar-refractivity contribution in [2.45, 2.75) is 53.1 Å².